The highest BCUT2D eigenvalue weighted by Crippen LogP contribution is 2.46. The van der Waals surface area contributed by atoms with Crippen LogP contribution in [0.3, 0.4) is 0 Å². The fourth-order valence-electron chi connectivity index (χ4n) is 11.6. The molecule has 13 aromatic rings. The second-order valence-corrected chi connectivity index (χ2v) is 20.3. The van der Waals surface area contributed by atoms with Gasteiger partial charge in [-0.15, -0.1) is 0 Å². The van der Waals surface area contributed by atoms with Gasteiger partial charge in [-0.25, -0.2) is 0 Å². The van der Waals surface area contributed by atoms with E-state index in [0.717, 1.165) is 100 Å². The number of hydrogen-bond acceptors (Lipinski definition) is 6. The zero-order chi connectivity index (χ0) is 57.8. The van der Waals surface area contributed by atoms with Crippen LogP contribution in [0.25, 0.3) is 122 Å². The van der Waals surface area contributed by atoms with Crippen molar-refractivity contribution >= 4 is 43.6 Å². The minimum absolute atomic E-state index is 0.179. The van der Waals surface area contributed by atoms with Crippen LogP contribution in [0.5, 0.6) is 0 Å². The van der Waals surface area contributed by atoms with Crippen molar-refractivity contribution in [1.82, 2.24) is 9.13 Å². The lowest BCUT2D eigenvalue weighted by atomic mass is 9.92. The Morgan fingerprint density at radius 3 is 0.964 bits per heavy atom. The van der Waals surface area contributed by atoms with Crippen LogP contribution in [-0.4, -0.2) is 9.13 Å². The molecule has 2 heterocycles. The van der Waals surface area contributed by atoms with E-state index in [1.165, 1.54) is 6.07 Å². The maximum Gasteiger partial charge on any atom is 0.416 e. The molecule has 0 fully saturated rings. The molecule has 11 heteroatoms. The summed E-state index contributed by atoms with van der Waals surface area (Å²) in [5.41, 5.74) is 14.3. The molecule has 0 N–H and O–H groups in total. The summed E-state index contributed by atoms with van der Waals surface area (Å²) in [6.45, 7) is 0. The van der Waals surface area contributed by atoms with Crippen molar-refractivity contribution in [3.8, 4) is 115 Å². The van der Waals surface area contributed by atoms with Gasteiger partial charge in [0.15, 0.2) is 0 Å². The predicted molar refractivity (Wildman–Crippen MR) is 321 cm³/mol. The second-order valence-electron chi connectivity index (χ2n) is 20.3. The summed E-state index contributed by atoms with van der Waals surface area (Å²) < 4.78 is 47.0. The monoisotopic (exact) mass is 1080 g/mol. The van der Waals surface area contributed by atoms with E-state index in [4.69, 9.17) is 0 Å². The van der Waals surface area contributed by atoms with Gasteiger partial charge in [0, 0.05) is 32.7 Å². The van der Waals surface area contributed by atoms with E-state index >= 15 is 0 Å². The van der Waals surface area contributed by atoms with Crippen LogP contribution in [0, 0.1) is 68.0 Å². The third kappa shape index (κ3) is 8.87. The molecule has 0 atom stereocenters. The van der Waals surface area contributed by atoms with Crippen LogP contribution in [-0.2, 0) is 6.18 Å². The minimum Gasteiger partial charge on any atom is -0.309 e. The van der Waals surface area contributed by atoms with Crippen LogP contribution in [0.4, 0.5) is 13.2 Å². The third-order valence-electron chi connectivity index (χ3n) is 15.5. The van der Waals surface area contributed by atoms with E-state index in [0.29, 0.717) is 55.9 Å². The van der Waals surface area contributed by atoms with E-state index in [1.807, 2.05) is 152 Å². The van der Waals surface area contributed by atoms with E-state index in [1.54, 1.807) is 36.4 Å². The van der Waals surface area contributed by atoms with Crippen molar-refractivity contribution in [3.63, 3.8) is 0 Å². The summed E-state index contributed by atoms with van der Waals surface area (Å²) in [5, 5.41) is 64.3. The molecule has 11 aromatic carbocycles. The molecule has 13 rings (SSSR count). The quantitative estimate of drug-likeness (QED) is 0.148. The molecule has 0 saturated heterocycles. The number of benzene rings is 11. The third-order valence-corrected chi connectivity index (χ3v) is 15.5. The van der Waals surface area contributed by atoms with Gasteiger partial charge in [0.1, 0.15) is 0 Å². The number of fused-ring (bicyclic) bond motifs is 6. The molecule has 0 spiro atoms. The molecule has 0 aliphatic carbocycles. The first-order valence-electron chi connectivity index (χ1n) is 26.5. The van der Waals surface area contributed by atoms with Crippen molar-refractivity contribution in [1.29, 1.82) is 31.6 Å². The summed E-state index contributed by atoms with van der Waals surface area (Å²) in [6.07, 6.45) is -4.70. The zero-order valence-electron chi connectivity index (χ0n) is 44.1. The Hall–Kier alpha value is -12.3. The van der Waals surface area contributed by atoms with Crippen LogP contribution in [0.2, 0.25) is 0 Å². The zero-order valence-corrected chi connectivity index (χ0v) is 44.1. The highest BCUT2D eigenvalue weighted by molar-refractivity contribution is 6.14. The van der Waals surface area contributed by atoms with Gasteiger partial charge >= 0.3 is 6.18 Å². The van der Waals surface area contributed by atoms with Crippen molar-refractivity contribution < 1.29 is 13.2 Å². The highest BCUT2D eigenvalue weighted by atomic mass is 19.4. The molecule has 0 aliphatic rings. The smallest absolute Gasteiger partial charge is 0.309 e. The molecule has 0 bridgehead atoms. The molecule has 0 amide bonds. The lowest BCUT2D eigenvalue weighted by molar-refractivity contribution is -0.137. The minimum atomic E-state index is -4.70. The Morgan fingerprint density at radius 2 is 0.607 bits per heavy atom. The average Bonchev–Trinajstić information content (AvgIpc) is 2.22. The predicted octanol–water partition coefficient (Wildman–Crippen LogP) is 18.1. The van der Waals surface area contributed by atoms with Gasteiger partial charge in [-0.05, 0) is 195 Å². The van der Waals surface area contributed by atoms with Crippen LogP contribution in [0.15, 0.2) is 224 Å². The summed E-state index contributed by atoms with van der Waals surface area (Å²) in [7, 11) is 0. The van der Waals surface area contributed by atoms with E-state index in [9.17, 15) is 44.7 Å². The Kier molecular flexibility index (Phi) is 12.5. The Bertz CT molecular complexity index is 5000. The molecule has 8 nitrogen and oxygen atoms in total. The van der Waals surface area contributed by atoms with Crippen molar-refractivity contribution in [2.45, 2.75) is 6.18 Å². The number of aromatic nitrogens is 2. The first-order chi connectivity index (χ1) is 40.9. The molecule has 0 unspecified atom stereocenters. The summed E-state index contributed by atoms with van der Waals surface area (Å²) >= 11 is 0. The average molecular weight is 1080 g/mol. The maximum absolute atomic E-state index is 14.3. The maximum atomic E-state index is 14.3. The first kappa shape index (κ1) is 51.2. The molecule has 0 saturated carbocycles. The highest BCUT2D eigenvalue weighted by Gasteiger charge is 2.32. The summed E-state index contributed by atoms with van der Waals surface area (Å²) in [6, 6.07) is 81.6. The normalized spacial score (nSPS) is 11.2. The number of rotatable bonds is 8. The van der Waals surface area contributed by atoms with Gasteiger partial charge < -0.3 is 9.13 Å². The molecule has 84 heavy (non-hydrogen) atoms. The lowest BCUT2D eigenvalue weighted by Crippen LogP contribution is -2.05. The fourth-order valence-corrected chi connectivity index (χ4v) is 11.6. The van der Waals surface area contributed by atoms with Gasteiger partial charge in [-0.2, -0.15) is 44.7 Å². The molecule has 0 radical (unpaired) electrons. The first-order valence-corrected chi connectivity index (χ1v) is 26.5. The number of nitrogens with zero attached hydrogens (tertiary/aromatic N) is 8. The molecular formula is C73H37F3N8. The van der Waals surface area contributed by atoms with Crippen molar-refractivity contribution in [2.24, 2.45) is 0 Å². The molecule has 2 aromatic heterocycles. The van der Waals surface area contributed by atoms with Crippen LogP contribution >= 0.6 is 0 Å². The van der Waals surface area contributed by atoms with Crippen LogP contribution < -0.4 is 0 Å². The van der Waals surface area contributed by atoms with Gasteiger partial charge in [0.2, 0.25) is 0 Å². The Labute approximate surface area is 479 Å². The lowest BCUT2D eigenvalue weighted by Gasteiger charge is -2.20. The standard InChI is InChI=1S/C73H37F3N8/c74-73(75,76)59-19-20-60(58(32-59)43-82)57-18-26-72(84-70-24-16-55(51-11-3-7-46(29-51)40-79)35-64(70)65-36-56(17-25-71(65)84)52-12-4-8-47(30-52)41-80)66(37-57)61-31-48(42-81)13-21-67(61)83-68-22-14-53(49-9-1-5-44(27-49)38-77)33-62(68)63-34-54(15-23-69(63)83)50-10-2-6-45(28-50)39-78/h1-37H. The second kappa shape index (κ2) is 20.4. The number of hydrogen-bond donors (Lipinski definition) is 0. The van der Waals surface area contributed by atoms with Crippen molar-refractivity contribution in [2.75, 3.05) is 0 Å². The van der Waals surface area contributed by atoms with Gasteiger partial charge in [0.25, 0.3) is 0 Å². The Morgan fingerprint density at radius 1 is 0.274 bits per heavy atom. The fraction of sp³-hybridized carbons (Fsp3) is 0.0137. The number of alkyl halides is 3. The SMILES string of the molecule is N#Cc1cccc(-c2ccc3c(c2)c2cc(-c4cccc(C#N)c4)ccc2n3-c2ccc(C#N)cc2-c2cc(-c3ccc(C(F)(F)F)cc3C#N)ccc2-n2c3ccc(-c4cccc(C#N)c4)cc3c3cc(-c4cccc(C#N)c4)ccc32)c1. The van der Waals surface area contributed by atoms with Gasteiger partial charge in [0.05, 0.1) is 109 Å². The number of halogens is 3. The van der Waals surface area contributed by atoms with E-state index in [-0.39, 0.29) is 11.1 Å². The summed E-state index contributed by atoms with van der Waals surface area (Å²) in [5.74, 6) is 0. The summed E-state index contributed by atoms with van der Waals surface area (Å²) in [4.78, 5) is 0. The Balaban J connectivity index is 1.13. The molecular weight excluding hydrogens is 1050 g/mol. The van der Waals surface area contributed by atoms with Crippen LogP contribution in [0.1, 0.15) is 38.9 Å². The topological polar surface area (TPSA) is 153 Å². The molecule has 390 valence electrons. The van der Waals surface area contributed by atoms with Gasteiger partial charge in [-0.1, -0.05) is 84.9 Å². The van der Waals surface area contributed by atoms with Crippen molar-refractivity contribution in [3.05, 3.63) is 263 Å². The largest absolute Gasteiger partial charge is 0.416 e. The molecule has 0 aliphatic heterocycles. The van der Waals surface area contributed by atoms with E-state index in [2.05, 4.69) is 63.7 Å². The number of nitriles is 6. The van der Waals surface area contributed by atoms with Gasteiger partial charge in [-0.3, -0.25) is 0 Å². The van der Waals surface area contributed by atoms with E-state index < -0.39 is 11.7 Å².